The van der Waals surface area contributed by atoms with Gasteiger partial charge in [0.2, 0.25) is 10.0 Å². The summed E-state index contributed by atoms with van der Waals surface area (Å²) >= 11 is 1.46. The summed E-state index contributed by atoms with van der Waals surface area (Å²) in [6.07, 6.45) is 1.85. The van der Waals surface area contributed by atoms with Gasteiger partial charge in [0.15, 0.2) is 0 Å². The normalized spacial score (nSPS) is 15.2. The number of hydrogen-bond donors (Lipinski definition) is 3. The van der Waals surface area contributed by atoms with Crippen LogP contribution in [-0.4, -0.2) is 37.7 Å². The molecule has 1 aromatic rings. The molecule has 0 amide bonds. The Hall–Kier alpha value is -0.760. The van der Waals surface area contributed by atoms with E-state index in [1.807, 2.05) is 6.26 Å². The Balaban J connectivity index is 2.87. The number of nitrogens with one attached hydrogen (secondary N) is 1. The van der Waals surface area contributed by atoms with Crippen molar-refractivity contribution in [1.29, 1.82) is 0 Å². The molecule has 0 spiro atoms. The molecule has 0 radical (unpaired) electrons. The van der Waals surface area contributed by atoms with Crippen LogP contribution in [0.4, 0.5) is 5.69 Å². The van der Waals surface area contributed by atoms with E-state index in [4.69, 9.17) is 5.73 Å². The van der Waals surface area contributed by atoms with Crippen LogP contribution in [0.5, 0.6) is 0 Å². The second kappa shape index (κ2) is 6.13. The van der Waals surface area contributed by atoms with Gasteiger partial charge in [0.25, 0.3) is 0 Å². The van der Waals surface area contributed by atoms with Crippen molar-refractivity contribution < 1.29 is 13.5 Å². The van der Waals surface area contributed by atoms with Gasteiger partial charge in [0.1, 0.15) is 0 Å². The van der Waals surface area contributed by atoms with Crippen molar-refractivity contribution in [1.82, 2.24) is 4.72 Å². The van der Waals surface area contributed by atoms with Crippen molar-refractivity contribution in [2.45, 2.75) is 24.3 Å². The van der Waals surface area contributed by atoms with E-state index in [1.54, 1.807) is 26.0 Å². The maximum Gasteiger partial charge on any atom is 0.240 e. The number of aliphatic hydroxyl groups is 1. The predicted molar refractivity (Wildman–Crippen MR) is 79.8 cm³/mol. The summed E-state index contributed by atoms with van der Waals surface area (Å²) in [4.78, 5) is 0.116. The third-order valence-electron chi connectivity index (χ3n) is 2.48. The average Bonchev–Trinajstić information content (AvgIpc) is 2.25. The molecule has 0 heterocycles. The first-order valence-corrected chi connectivity index (χ1v) is 8.62. The van der Waals surface area contributed by atoms with Gasteiger partial charge in [-0.2, -0.15) is 11.8 Å². The van der Waals surface area contributed by atoms with E-state index in [1.165, 1.54) is 17.8 Å². The molecule has 0 saturated heterocycles. The molecule has 0 aliphatic heterocycles. The number of aryl methyl sites for hydroxylation is 1. The minimum atomic E-state index is -3.66. The molecular formula is C12H20N2O3S2. The van der Waals surface area contributed by atoms with Crippen LogP contribution in [0.2, 0.25) is 0 Å². The predicted octanol–water partition coefficient (Wildman–Crippen LogP) is 0.970. The van der Waals surface area contributed by atoms with Crippen LogP contribution in [0, 0.1) is 6.92 Å². The lowest BCUT2D eigenvalue weighted by Crippen LogP contribution is -2.42. The van der Waals surface area contributed by atoms with E-state index in [9.17, 15) is 13.5 Å². The number of thioether (sulfide) groups is 1. The van der Waals surface area contributed by atoms with Crippen LogP contribution < -0.4 is 10.5 Å². The van der Waals surface area contributed by atoms with Crippen molar-refractivity contribution in [2.24, 2.45) is 0 Å². The average molecular weight is 304 g/mol. The van der Waals surface area contributed by atoms with Gasteiger partial charge in [-0.25, -0.2) is 13.1 Å². The van der Waals surface area contributed by atoms with Crippen LogP contribution >= 0.6 is 11.8 Å². The van der Waals surface area contributed by atoms with Crippen molar-refractivity contribution in [3.8, 4) is 0 Å². The Bertz CT molecular complexity index is 522. The molecule has 1 rings (SSSR count). The summed E-state index contributed by atoms with van der Waals surface area (Å²) in [5, 5.41) is 9.96. The lowest BCUT2D eigenvalue weighted by atomic mass is 10.1. The Kier molecular flexibility index (Phi) is 5.26. The summed E-state index contributed by atoms with van der Waals surface area (Å²) in [5.74, 6) is 0.450. The zero-order chi connectivity index (χ0) is 14.7. The topological polar surface area (TPSA) is 92.4 Å². The highest BCUT2D eigenvalue weighted by Gasteiger charge is 2.24. The Morgan fingerprint density at radius 3 is 2.58 bits per heavy atom. The molecule has 0 fully saturated rings. The summed E-state index contributed by atoms with van der Waals surface area (Å²) in [6.45, 7) is 3.33. The lowest BCUT2D eigenvalue weighted by molar-refractivity contribution is 0.0908. The van der Waals surface area contributed by atoms with E-state index in [0.29, 0.717) is 11.4 Å². The molecule has 0 aromatic heterocycles. The molecule has 0 saturated carbocycles. The molecule has 7 heteroatoms. The summed E-state index contributed by atoms with van der Waals surface area (Å²) in [6, 6.07) is 4.64. The Morgan fingerprint density at radius 2 is 2.05 bits per heavy atom. The first-order chi connectivity index (χ1) is 8.66. The van der Waals surface area contributed by atoms with Gasteiger partial charge in [0, 0.05) is 18.0 Å². The minimum absolute atomic E-state index is 0.0377. The number of nitrogens with two attached hydrogens (primary N) is 1. The van der Waals surface area contributed by atoms with E-state index in [2.05, 4.69) is 4.72 Å². The third-order valence-corrected chi connectivity index (χ3v) is 4.77. The molecule has 0 aliphatic rings. The quantitative estimate of drug-likeness (QED) is 0.681. The first kappa shape index (κ1) is 16.3. The molecule has 0 aliphatic carbocycles. The van der Waals surface area contributed by atoms with Gasteiger partial charge in [-0.1, -0.05) is 0 Å². The Labute approximate surface area is 118 Å². The number of sulfonamides is 1. The van der Waals surface area contributed by atoms with Crippen molar-refractivity contribution in [2.75, 3.05) is 24.3 Å². The van der Waals surface area contributed by atoms with Gasteiger partial charge in [-0.15, -0.1) is 0 Å². The summed E-state index contributed by atoms with van der Waals surface area (Å²) < 4.78 is 26.6. The molecule has 19 heavy (non-hydrogen) atoms. The number of benzene rings is 1. The summed E-state index contributed by atoms with van der Waals surface area (Å²) in [5.41, 5.74) is 5.73. The highest BCUT2D eigenvalue weighted by molar-refractivity contribution is 7.98. The number of rotatable bonds is 6. The molecule has 1 atom stereocenters. The number of nitrogen functional groups attached to an aromatic ring is 1. The largest absolute Gasteiger partial charge is 0.399 e. The fraction of sp³-hybridized carbons (Fsp3) is 0.500. The monoisotopic (exact) mass is 304 g/mol. The van der Waals surface area contributed by atoms with E-state index < -0.39 is 15.6 Å². The Morgan fingerprint density at radius 1 is 1.42 bits per heavy atom. The third kappa shape index (κ3) is 5.02. The van der Waals surface area contributed by atoms with E-state index in [-0.39, 0.29) is 11.4 Å². The van der Waals surface area contributed by atoms with Crippen molar-refractivity contribution in [3.63, 3.8) is 0 Å². The standard InChI is InChI=1S/C12H20N2O3S2/c1-9-4-10(13)6-11(5-9)19(16,17)14-7-12(2,15)8-18-3/h4-6,14-15H,7-8,13H2,1-3H3. The van der Waals surface area contributed by atoms with Gasteiger partial charge in [0.05, 0.1) is 10.5 Å². The second-order valence-corrected chi connectivity index (χ2v) is 7.47. The zero-order valence-electron chi connectivity index (χ0n) is 11.3. The van der Waals surface area contributed by atoms with Crippen LogP contribution in [0.25, 0.3) is 0 Å². The molecule has 5 nitrogen and oxygen atoms in total. The fourth-order valence-corrected chi connectivity index (χ4v) is 3.65. The van der Waals surface area contributed by atoms with Gasteiger partial charge in [-0.05, 0) is 43.9 Å². The van der Waals surface area contributed by atoms with Crippen molar-refractivity contribution >= 4 is 27.5 Å². The molecule has 1 aromatic carbocycles. The molecule has 4 N–H and O–H groups in total. The SMILES string of the molecule is CSCC(C)(O)CNS(=O)(=O)c1cc(C)cc(N)c1. The first-order valence-electron chi connectivity index (χ1n) is 5.74. The van der Waals surface area contributed by atoms with Crippen LogP contribution in [0.1, 0.15) is 12.5 Å². The van der Waals surface area contributed by atoms with Gasteiger partial charge in [-0.3, -0.25) is 0 Å². The maximum atomic E-state index is 12.1. The van der Waals surface area contributed by atoms with E-state index in [0.717, 1.165) is 5.56 Å². The second-order valence-electron chi connectivity index (χ2n) is 4.83. The van der Waals surface area contributed by atoms with Gasteiger partial charge < -0.3 is 10.8 Å². The lowest BCUT2D eigenvalue weighted by Gasteiger charge is -2.22. The van der Waals surface area contributed by atoms with Crippen LogP contribution in [-0.2, 0) is 10.0 Å². The van der Waals surface area contributed by atoms with E-state index >= 15 is 0 Å². The minimum Gasteiger partial charge on any atom is -0.399 e. The molecule has 0 bridgehead atoms. The highest BCUT2D eigenvalue weighted by atomic mass is 32.2. The zero-order valence-corrected chi connectivity index (χ0v) is 12.9. The smallest absolute Gasteiger partial charge is 0.240 e. The van der Waals surface area contributed by atoms with Crippen LogP contribution in [0.3, 0.4) is 0 Å². The number of anilines is 1. The van der Waals surface area contributed by atoms with Crippen molar-refractivity contribution in [3.05, 3.63) is 23.8 Å². The maximum absolute atomic E-state index is 12.1. The molecule has 1 unspecified atom stereocenters. The van der Waals surface area contributed by atoms with Gasteiger partial charge >= 0.3 is 0 Å². The fourth-order valence-electron chi connectivity index (χ4n) is 1.63. The van der Waals surface area contributed by atoms with Crippen LogP contribution in [0.15, 0.2) is 23.1 Å². The molecular weight excluding hydrogens is 284 g/mol. The highest BCUT2D eigenvalue weighted by Crippen LogP contribution is 2.17. The number of hydrogen-bond acceptors (Lipinski definition) is 5. The summed E-state index contributed by atoms with van der Waals surface area (Å²) in [7, 11) is -3.66. The molecule has 108 valence electrons.